The lowest BCUT2D eigenvalue weighted by Crippen LogP contribution is -2.15. The molecule has 0 radical (unpaired) electrons. The first kappa shape index (κ1) is 24.3. The zero-order chi connectivity index (χ0) is 17.4. The van der Waals surface area contributed by atoms with E-state index in [0.717, 1.165) is 23.7 Å². The second kappa shape index (κ2) is 17.4. The van der Waals surface area contributed by atoms with Crippen LogP contribution in [0.4, 0.5) is 0 Å². The highest BCUT2D eigenvalue weighted by atomic mass is 14.2. The molecule has 0 aliphatic heterocycles. The van der Waals surface area contributed by atoms with Gasteiger partial charge in [0.05, 0.1) is 0 Å². The van der Waals surface area contributed by atoms with Crippen molar-refractivity contribution in [2.75, 3.05) is 0 Å². The van der Waals surface area contributed by atoms with Crippen molar-refractivity contribution >= 4 is 0 Å². The highest BCUT2D eigenvalue weighted by Crippen LogP contribution is 2.31. The highest BCUT2D eigenvalue weighted by Gasteiger charge is 2.19. The van der Waals surface area contributed by atoms with Crippen molar-refractivity contribution in [3.05, 3.63) is 0 Å². The molecule has 0 aromatic heterocycles. The van der Waals surface area contributed by atoms with Crippen LogP contribution in [-0.4, -0.2) is 0 Å². The van der Waals surface area contributed by atoms with Crippen LogP contribution in [0, 0.1) is 23.7 Å². The lowest BCUT2D eigenvalue weighted by Gasteiger charge is -2.27. The van der Waals surface area contributed by atoms with Crippen molar-refractivity contribution < 1.29 is 0 Å². The topological polar surface area (TPSA) is 0 Å². The predicted octanol–water partition coefficient (Wildman–Crippen LogP) is 8.50. The first-order valence-electron chi connectivity index (χ1n) is 10.7. The van der Waals surface area contributed by atoms with E-state index >= 15 is 0 Å². The molecular formula is C22H48. The van der Waals surface area contributed by atoms with Crippen molar-refractivity contribution in [2.24, 2.45) is 23.7 Å². The Balaban J connectivity index is 0. The van der Waals surface area contributed by atoms with E-state index in [2.05, 4.69) is 27.7 Å². The fourth-order valence-electron chi connectivity index (χ4n) is 4.00. The molecule has 0 aromatic carbocycles. The molecule has 0 N–H and O–H groups in total. The zero-order valence-electron chi connectivity index (χ0n) is 17.4. The minimum absolute atomic E-state index is 1.02. The molecule has 2 rings (SSSR count). The Morgan fingerprint density at radius 3 is 1.00 bits per heavy atom. The van der Waals surface area contributed by atoms with Crippen LogP contribution in [0.2, 0.25) is 0 Å². The predicted molar refractivity (Wildman–Crippen MR) is 106 cm³/mol. The lowest BCUT2D eigenvalue weighted by atomic mass is 9.79. The Morgan fingerprint density at radius 1 is 0.545 bits per heavy atom. The molecule has 0 bridgehead atoms. The quantitative estimate of drug-likeness (QED) is 0.479. The van der Waals surface area contributed by atoms with Gasteiger partial charge in [0.2, 0.25) is 0 Å². The number of hydrogen-bond acceptors (Lipinski definition) is 0. The van der Waals surface area contributed by atoms with Gasteiger partial charge in [0.1, 0.15) is 0 Å². The minimum Gasteiger partial charge on any atom is -0.0683 e. The van der Waals surface area contributed by atoms with Gasteiger partial charge in [-0.2, -0.15) is 0 Å². The van der Waals surface area contributed by atoms with Gasteiger partial charge in [0.15, 0.2) is 0 Å². The standard InChI is InChI=1S/2C9H18.2C2H6/c2*1-3-9-7-5-4-6-8(9)2;2*1-2/h2*8-9H,3-7H2,1-2H3;2*1-2H3. The molecule has 2 aliphatic rings. The molecule has 0 heterocycles. The van der Waals surface area contributed by atoms with Crippen molar-refractivity contribution in [3.8, 4) is 0 Å². The summed E-state index contributed by atoms with van der Waals surface area (Å²) in [5, 5.41) is 0. The van der Waals surface area contributed by atoms with E-state index in [9.17, 15) is 0 Å². The van der Waals surface area contributed by atoms with Crippen LogP contribution in [0.5, 0.6) is 0 Å². The molecule has 0 saturated heterocycles. The molecular weight excluding hydrogens is 264 g/mol. The summed E-state index contributed by atoms with van der Waals surface area (Å²) >= 11 is 0. The number of hydrogen-bond donors (Lipinski definition) is 0. The fraction of sp³-hybridized carbons (Fsp3) is 1.00. The second-order valence-electron chi connectivity index (χ2n) is 6.86. The lowest BCUT2D eigenvalue weighted by molar-refractivity contribution is 0.249. The van der Waals surface area contributed by atoms with E-state index in [1.807, 2.05) is 27.7 Å². The third kappa shape index (κ3) is 10.7. The van der Waals surface area contributed by atoms with Crippen LogP contribution in [0.15, 0.2) is 0 Å². The van der Waals surface area contributed by atoms with E-state index in [-0.39, 0.29) is 0 Å². The van der Waals surface area contributed by atoms with Crippen LogP contribution in [-0.2, 0) is 0 Å². The summed E-state index contributed by atoms with van der Waals surface area (Å²) in [5.74, 6) is 4.14. The molecule has 22 heavy (non-hydrogen) atoms. The summed E-state index contributed by atoms with van der Waals surface area (Å²) in [6, 6.07) is 0. The minimum atomic E-state index is 1.02. The van der Waals surface area contributed by atoms with Crippen molar-refractivity contribution in [2.45, 2.75) is 120 Å². The first-order valence-corrected chi connectivity index (χ1v) is 10.7. The van der Waals surface area contributed by atoms with E-state index in [4.69, 9.17) is 0 Å². The van der Waals surface area contributed by atoms with Gasteiger partial charge < -0.3 is 0 Å². The maximum absolute atomic E-state index is 2.41. The monoisotopic (exact) mass is 312 g/mol. The Bertz CT molecular complexity index is 174. The van der Waals surface area contributed by atoms with Gasteiger partial charge in [-0.3, -0.25) is 0 Å². The summed E-state index contributed by atoms with van der Waals surface area (Å²) in [5.41, 5.74) is 0. The molecule has 0 spiro atoms. The molecule has 2 saturated carbocycles. The Kier molecular flexibility index (Phi) is 19.1. The van der Waals surface area contributed by atoms with Crippen LogP contribution >= 0.6 is 0 Å². The average Bonchev–Trinajstić information content (AvgIpc) is 2.60. The van der Waals surface area contributed by atoms with Crippen LogP contribution < -0.4 is 0 Å². The Labute approximate surface area is 143 Å². The highest BCUT2D eigenvalue weighted by molar-refractivity contribution is 4.71. The molecule has 2 fully saturated rings. The molecule has 4 unspecified atom stereocenters. The van der Waals surface area contributed by atoms with Crippen molar-refractivity contribution in [3.63, 3.8) is 0 Å². The molecule has 0 amide bonds. The zero-order valence-corrected chi connectivity index (χ0v) is 17.4. The fourth-order valence-corrected chi connectivity index (χ4v) is 4.00. The van der Waals surface area contributed by atoms with Crippen LogP contribution in [0.1, 0.15) is 120 Å². The maximum Gasteiger partial charge on any atom is -0.0391 e. The molecule has 136 valence electrons. The molecule has 0 heteroatoms. The van der Waals surface area contributed by atoms with Gasteiger partial charge in [-0.25, -0.2) is 0 Å². The van der Waals surface area contributed by atoms with Gasteiger partial charge in [-0.05, 0) is 23.7 Å². The normalized spacial score (nSPS) is 30.5. The second-order valence-corrected chi connectivity index (χ2v) is 6.86. The van der Waals surface area contributed by atoms with E-state index in [1.54, 1.807) is 0 Å². The van der Waals surface area contributed by atoms with Gasteiger partial charge >= 0.3 is 0 Å². The van der Waals surface area contributed by atoms with Gasteiger partial charge in [0.25, 0.3) is 0 Å². The third-order valence-electron chi connectivity index (χ3n) is 5.63. The largest absolute Gasteiger partial charge is 0.0683 e. The van der Waals surface area contributed by atoms with Crippen LogP contribution in [0.25, 0.3) is 0 Å². The van der Waals surface area contributed by atoms with Gasteiger partial charge in [-0.15, -0.1) is 0 Å². The summed E-state index contributed by atoms with van der Waals surface area (Å²) < 4.78 is 0. The van der Waals surface area contributed by atoms with Crippen molar-refractivity contribution in [1.29, 1.82) is 0 Å². The summed E-state index contributed by atoms with van der Waals surface area (Å²) in [6.07, 6.45) is 14.7. The Morgan fingerprint density at radius 2 is 0.818 bits per heavy atom. The molecule has 2 aliphatic carbocycles. The summed E-state index contributed by atoms with van der Waals surface area (Å²) in [6.45, 7) is 17.5. The van der Waals surface area contributed by atoms with E-state index in [1.165, 1.54) is 64.2 Å². The van der Waals surface area contributed by atoms with Gasteiger partial charge in [-0.1, -0.05) is 120 Å². The SMILES string of the molecule is CC.CC.CCC1CCCCC1C.CCC1CCCCC1C. The van der Waals surface area contributed by atoms with E-state index < -0.39 is 0 Å². The summed E-state index contributed by atoms with van der Waals surface area (Å²) in [7, 11) is 0. The van der Waals surface area contributed by atoms with Crippen LogP contribution in [0.3, 0.4) is 0 Å². The number of rotatable bonds is 2. The Hall–Kier alpha value is 0. The maximum atomic E-state index is 2.41. The summed E-state index contributed by atoms with van der Waals surface area (Å²) in [4.78, 5) is 0. The third-order valence-corrected chi connectivity index (χ3v) is 5.63. The first-order chi connectivity index (χ1) is 10.7. The average molecular weight is 313 g/mol. The molecule has 0 aromatic rings. The van der Waals surface area contributed by atoms with Gasteiger partial charge in [0, 0.05) is 0 Å². The van der Waals surface area contributed by atoms with Crippen molar-refractivity contribution in [1.82, 2.24) is 0 Å². The smallest absolute Gasteiger partial charge is 0.0391 e. The molecule has 4 atom stereocenters. The van der Waals surface area contributed by atoms with E-state index in [0.29, 0.717) is 0 Å². The molecule has 0 nitrogen and oxygen atoms in total.